The number of carbonyl (C=O) groups excluding carboxylic acids is 1. The lowest BCUT2D eigenvalue weighted by Crippen LogP contribution is -2.37. The molecule has 2 heterocycles. The first-order valence-corrected chi connectivity index (χ1v) is 8.74. The largest absolute Gasteiger partial charge is 0.508 e. The normalized spacial score (nSPS) is 11.4. The van der Waals surface area contributed by atoms with Crippen LogP contribution in [0.2, 0.25) is 0 Å². The van der Waals surface area contributed by atoms with Gasteiger partial charge in [0, 0.05) is 38.7 Å². The molecular weight excluding hydrogens is 380 g/mol. The van der Waals surface area contributed by atoms with Crippen molar-refractivity contribution in [3.8, 4) is 11.5 Å². The fourth-order valence-corrected chi connectivity index (χ4v) is 2.85. The Morgan fingerprint density at radius 1 is 1.24 bits per heavy atom. The van der Waals surface area contributed by atoms with Gasteiger partial charge in [0.25, 0.3) is 5.56 Å². The molecule has 0 aliphatic heterocycles. The first kappa shape index (κ1) is 19.9. The maximum Gasteiger partial charge on any atom is 0.332 e. The van der Waals surface area contributed by atoms with Gasteiger partial charge in [-0.25, -0.2) is 15.2 Å². The average molecular weight is 400 g/mol. The van der Waals surface area contributed by atoms with Crippen molar-refractivity contribution < 1.29 is 15.0 Å². The summed E-state index contributed by atoms with van der Waals surface area (Å²) in [6.45, 7) is 0.361. The van der Waals surface area contributed by atoms with Crippen LogP contribution in [0.25, 0.3) is 11.2 Å². The molecule has 0 radical (unpaired) electrons. The predicted octanol–water partition coefficient (Wildman–Crippen LogP) is -0.225. The monoisotopic (exact) mass is 400 g/mol. The van der Waals surface area contributed by atoms with Crippen molar-refractivity contribution in [2.24, 2.45) is 19.2 Å². The van der Waals surface area contributed by atoms with E-state index in [-0.39, 0.29) is 23.8 Å². The molecule has 0 saturated heterocycles. The van der Waals surface area contributed by atoms with E-state index in [9.17, 15) is 24.6 Å². The van der Waals surface area contributed by atoms with Crippen LogP contribution < -0.4 is 16.7 Å². The molecule has 29 heavy (non-hydrogen) atoms. The number of phenolic OH excluding ortho intramolecular Hbond substituents is 2. The number of carbonyl (C=O) groups is 1. The van der Waals surface area contributed by atoms with E-state index in [1.54, 1.807) is 11.6 Å². The molecule has 152 valence electrons. The highest BCUT2D eigenvalue weighted by Gasteiger charge is 2.14. The highest BCUT2D eigenvalue weighted by atomic mass is 16.3. The molecular formula is C18H20N6O5. The van der Waals surface area contributed by atoms with E-state index in [0.717, 1.165) is 4.57 Å². The number of nitrogens with zero attached hydrogens (tertiary/aromatic N) is 5. The number of hydrogen-bond acceptors (Lipinski definition) is 7. The fraction of sp³-hybridized carbons (Fsp3) is 0.278. The molecule has 0 unspecified atom stereocenters. The molecule has 11 heteroatoms. The average Bonchev–Trinajstić information content (AvgIpc) is 3.10. The number of rotatable bonds is 6. The Morgan fingerprint density at radius 3 is 2.72 bits per heavy atom. The predicted molar refractivity (Wildman–Crippen MR) is 105 cm³/mol. The molecule has 2 aromatic heterocycles. The molecule has 1 aromatic carbocycles. The van der Waals surface area contributed by atoms with Crippen LogP contribution in [0, 0.1) is 0 Å². The van der Waals surface area contributed by atoms with Gasteiger partial charge in [-0.3, -0.25) is 18.7 Å². The first-order valence-electron chi connectivity index (χ1n) is 8.74. The summed E-state index contributed by atoms with van der Waals surface area (Å²) in [6, 6.07) is 4.01. The van der Waals surface area contributed by atoms with Gasteiger partial charge in [0.15, 0.2) is 11.2 Å². The summed E-state index contributed by atoms with van der Waals surface area (Å²) in [6.07, 6.45) is 3.29. The molecule has 3 aromatic rings. The number of aryl methyl sites for hydroxylation is 2. The van der Waals surface area contributed by atoms with E-state index in [4.69, 9.17) is 0 Å². The molecule has 0 fully saturated rings. The van der Waals surface area contributed by atoms with Crippen molar-refractivity contribution in [1.82, 2.24) is 24.1 Å². The van der Waals surface area contributed by atoms with E-state index in [0.29, 0.717) is 29.7 Å². The molecule has 1 amide bonds. The van der Waals surface area contributed by atoms with Gasteiger partial charge in [0.1, 0.15) is 11.5 Å². The Balaban J connectivity index is 1.60. The van der Waals surface area contributed by atoms with Gasteiger partial charge < -0.3 is 14.8 Å². The molecule has 3 N–H and O–H groups in total. The zero-order valence-corrected chi connectivity index (χ0v) is 15.9. The fourth-order valence-electron chi connectivity index (χ4n) is 2.85. The van der Waals surface area contributed by atoms with Crippen LogP contribution in [-0.4, -0.2) is 41.0 Å². The maximum absolute atomic E-state index is 12.4. The van der Waals surface area contributed by atoms with Crippen LogP contribution in [0.3, 0.4) is 0 Å². The Hall–Kier alpha value is -3.89. The van der Waals surface area contributed by atoms with Crippen molar-refractivity contribution in [1.29, 1.82) is 0 Å². The second-order valence-electron chi connectivity index (χ2n) is 6.46. The summed E-state index contributed by atoms with van der Waals surface area (Å²) >= 11 is 0. The standard InChI is InChI=1S/C18H20N6O5/c1-22-16-15(17(28)23(2)18(22)29)24(10-19-16)7-3-4-14(27)21-20-9-11-5-6-12(25)8-13(11)26/h5-6,8-10,25-26H,3-4,7H2,1-2H3,(H,21,27)/b20-9+. The molecule has 0 aliphatic carbocycles. The Bertz CT molecular complexity index is 1220. The number of aromatic nitrogens is 4. The van der Waals surface area contributed by atoms with Gasteiger partial charge in [0.05, 0.1) is 12.5 Å². The topological polar surface area (TPSA) is 144 Å². The highest BCUT2D eigenvalue weighted by Crippen LogP contribution is 2.20. The quantitative estimate of drug-likeness (QED) is 0.385. The number of amides is 1. The van der Waals surface area contributed by atoms with Crippen LogP contribution in [0.15, 0.2) is 39.2 Å². The minimum atomic E-state index is -0.454. The molecule has 0 saturated carbocycles. The van der Waals surface area contributed by atoms with Gasteiger partial charge >= 0.3 is 5.69 Å². The van der Waals surface area contributed by atoms with E-state index in [1.807, 2.05) is 0 Å². The minimum absolute atomic E-state index is 0.0781. The highest BCUT2D eigenvalue weighted by molar-refractivity contribution is 5.85. The van der Waals surface area contributed by atoms with Gasteiger partial charge in [-0.05, 0) is 18.6 Å². The summed E-state index contributed by atoms with van der Waals surface area (Å²) < 4.78 is 3.93. The Labute approximate surface area is 164 Å². The molecule has 3 rings (SSSR count). The summed E-state index contributed by atoms with van der Waals surface area (Å²) in [7, 11) is 2.94. The zero-order chi connectivity index (χ0) is 21.1. The summed E-state index contributed by atoms with van der Waals surface area (Å²) in [5.41, 5.74) is 2.39. The van der Waals surface area contributed by atoms with Crippen molar-refractivity contribution in [3.63, 3.8) is 0 Å². The number of imidazole rings is 1. The van der Waals surface area contributed by atoms with E-state index < -0.39 is 11.2 Å². The van der Waals surface area contributed by atoms with Gasteiger partial charge in [-0.2, -0.15) is 5.10 Å². The van der Waals surface area contributed by atoms with Gasteiger partial charge in [-0.15, -0.1) is 0 Å². The van der Waals surface area contributed by atoms with E-state index >= 15 is 0 Å². The van der Waals surface area contributed by atoms with Crippen molar-refractivity contribution >= 4 is 23.3 Å². The lowest BCUT2D eigenvalue weighted by molar-refractivity contribution is -0.121. The van der Waals surface area contributed by atoms with Crippen LogP contribution in [0.5, 0.6) is 11.5 Å². The lowest BCUT2D eigenvalue weighted by atomic mass is 10.2. The number of hydrogen-bond donors (Lipinski definition) is 3. The number of fused-ring (bicyclic) bond motifs is 1. The third-order valence-electron chi connectivity index (χ3n) is 4.43. The van der Waals surface area contributed by atoms with Crippen LogP contribution in [0.1, 0.15) is 18.4 Å². The number of phenols is 2. The van der Waals surface area contributed by atoms with Gasteiger partial charge in [0.2, 0.25) is 5.91 Å². The van der Waals surface area contributed by atoms with Crippen molar-refractivity contribution in [2.45, 2.75) is 19.4 Å². The number of aromatic hydroxyl groups is 2. The third-order valence-corrected chi connectivity index (χ3v) is 4.43. The van der Waals surface area contributed by atoms with E-state index in [2.05, 4.69) is 15.5 Å². The second-order valence-corrected chi connectivity index (χ2v) is 6.46. The lowest BCUT2D eigenvalue weighted by Gasteiger charge is -2.06. The van der Waals surface area contributed by atoms with E-state index in [1.165, 1.54) is 42.4 Å². The van der Waals surface area contributed by atoms with Crippen molar-refractivity contribution in [2.75, 3.05) is 0 Å². The summed E-state index contributed by atoms with van der Waals surface area (Å²) in [4.78, 5) is 40.3. The minimum Gasteiger partial charge on any atom is -0.508 e. The maximum atomic E-state index is 12.4. The van der Waals surface area contributed by atoms with Crippen LogP contribution >= 0.6 is 0 Å². The molecule has 0 bridgehead atoms. The number of benzene rings is 1. The summed E-state index contributed by atoms with van der Waals surface area (Å²) in [5, 5.41) is 22.7. The van der Waals surface area contributed by atoms with Crippen molar-refractivity contribution in [3.05, 3.63) is 50.9 Å². The first-order chi connectivity index (χ1) is 13.8. The molecule has 0 spiro atoms. The Morgan fingerprint density at radius 2 is 2.00 bits per heavy atom. The molecule has 11 nitrogen and oxygen atoms in total. The van der Waals surface area contributed by atoms with Crippen LogP contribution in [-0.2, 0) is 25.4 Å². The number of nitrogens with one attached hydrogen (secondary N) is 1. The van der Waals surface area contributed by atoms with Crippen LogP contribution in [0.4, 0.5) is 0 Å². The molecule has 0 aliphatic rings. The third kappa shape index (κ3) is 4.03. The zero-order valence-electron chi connectivity index (χ0n) is 15.9. The number of hydrazone groups is 1. The summed E-state index contributed by atoms with van der Waals surface area (Å²) in [5.74, 6) is -0.583. The SMILES string of the molecule is Cn1c(=O)c2c(ncn2CCCC(=O)N/N=C/c2ccc(O)cc2O)n(C)c1=O. The Kier molecular flexibility index (Phi) is 5.48. The smallest absolute Gasteiger partial charge is 0.332 e. The second kappa shape index (κ2) is 8.00. The molecule has 0 atom stereocenters. The van der Waals surface area contributed by atoms with Gasteiger partial charge in [-0.1, -0.05) is 0 Å².